The van der Waals surface area contributed by atoms with E-state index < -0.39 is 0 Å². The number of carbonyl (C=O) groups excluding carboxylic acids is 2. The summed E-state index contributed by atoms with van der Waals surface area (Å²) >= 11 is 0. The fourth-order valence-corrected chi connectivity index (χ4v) is 3.18. The van der Waals surface area contributed by atoms with E-state index in [9.17, 15) is 9.59 Å². The van der Waals surface area contributed by atoms with E-state index in [1.807, 2.05) is 18.2 Å². The molecule has 0 spiro atoms. The van der Waals surface area contributed by atoms with Gasteiger partial charge in [-0.15, -0.1) is 0 Å². The Hall–Kier alpha value is -2.46. The van der Waals surface area contributed by atoms with E-state index in [1.165, 1.54) is 0 Å². The first-order valence-electron chi connectivity index (χ1n) is 9.15. The molecule has 2 aromatic carbocycles. The lowest BCUT2D eigenvalue weighted by Crippen LogP contribution is -2.41. The van der Waals surface area contributed by atoms with Crippen LogP contribution in [0, 0.1) is 5.41 Å². The number of hydrogen-bond donors (Lipinski definition) is 1. The summed E-state index contributed by atoms with van der Waals surface area (Å²) in [5.74, 6) is -0.0220. The van der Waals surface area contributed by atoms with E-state index in [4.69, 9.17) is 0 Å². The Bertz CT molecular complexity index is 756. The highest BCUT2D eigenvalue weighted by atomic mass is 16.2. The molecule has 1 aliphatic rings. The molecule has 0 bridgehead atoms. The van der Waals surface area contributed by atoms with Gasteiger partial charge in [-0.1, -0.05) is 44.2 Å². The number of anilines is 1. The molecule has 4 nitrogen and oxygen atoms in total. The third-order valence-electron chi connectivity index (χ3n) is 5.04. The van der Waals surface area contributed by atoms with Gasteiger partial charge in [0.15, 0.2) is 5.78 Å². The maximum Gasteiger partial charge on any atom is 0.238 e. The minimum absolute atomic E-state index is 0.00755. The Morgan fingerprint density at radius 3 is 2.12 bits per heavy atom. The van der Waals surface area contributed by atoms with Crippen molar-refractivity contribution in [1.82, 2.24) is 4.90 Å². The fourth-order valence-electron chi connectivity index (χ4n) is 3.18. The molecular formula is C22H26N2O2. The molecule has 1 saturated heterocycles. The number of carbonyl (C=O) groups is 2. The molecule has 4 heteroatoms. The average molecular weight is 350 g/mol. The summed E-state index contributed by atoms with van der Waals surface area (Å²) in [7, 11) is 0. The third kappa shape index (κ3) is 4.79. The molecule has 0 saturated carbocycles. The van der Waals surface area contributed by atoms with Crippen molar-refractivity contribution in [3.8, 4) is 0 Å². The van der Waals surface area contributed by atoms with Gasteiger partial charge in [0, 0.05) is 16.8 Å². The first-order valence-corrected chi connectivity index (χ1v) is 9.15. The van der Waals surface area contributed by atoms with Crippen LogP contribution in [-0.2, 0) is 4.79 Å². The summed E-state index contributed by atoms with van der Waals surface area (Å²) in [5, 5.41) is 2.92. The standard InChI is InChI=1S/C22H26N2O2/c1-22(2)12-14-24(15-13-22)16-20(25)23-19-10-8-18(9-11-19)21(26)17-6-4-3-5-7-17/h3-11H,12-16H2,1-2H3,(H,23,25). The Balaban J connectivity index is 1.54. The van der Waals surface area contributed by atoms with Gasteiger partial charge in [-0.25, -0.2) is 0 Å². The number of hydrogen-bond acceptors (Lipinski definition) is 3. The highest BCUT2D eigenvalue weighted by Crippen LogP contribution is 2.29. The molecule has 3 rings (SSSR count). The van der Waals surface area contributed by atoms with Crippen LogP contribution < -0.4 is 5.32 Å². The summed E-state index contributed by atoms with van der Waals surface area (Å²) in [6, 6.07) is 16.3. The summed E-state index contributed by atoms with van der Waals surface area (Å²) in [6.07, 6.45) is 2.24. The number of ketones is 1. The van der Waals surface area contributed by atoms with Crippen LogP contribution in [0.25, 0.3) is 0 Å². The lowest BCUT2D eigenvalue weighted by Gasteiger charge is -2.36. The molecule has 0 aromatic heterocycles. The molecule has 2 aromatic rings. The second-order valence-electron chi connectivity index (χ2n) is 7.76. The molecule has 1 aliphatic heterocycles. The predicted octanol–water partition coefficient (Wildman–Crippen LogP) is 3.98. The Morgan fingerprint density at radius 2 is 1.50 bits per heavy atom. The number of rotatable bonds is 5. The normalized spacial score (nSPS) is 16.8. The van der Waals surface area contributed by atoms with E-state index in [0.717, 1.165) is 31.6 Å². The summed E-state index contributed by atoms with van der Waals surface area (Å²) in [6.45, 7) is 6.90. The summed E-state index contributed by atoms with van der Waals surface area (Å²) in [4.78, 5) is 26.9. The number of likely N-dealkylation sites (tertiary alicyclic amines) is 1. The van der Waals surface area contributed by atoms with Crippen molar-refractivity contribution in [2.45, 2.75) is 26.7 Å². The highest BCUT2D eigenvalue weighted by molar-refractivity contribution is 6.09. The lowest BCUT2D eigenvalue weighted by molar-refractivity contribution is -0.117. The molecule has 0 atom stereocenters. The zero-order chi connectivity index (χ0) is 18.6. The van der Waals surface area contributed by atoms with Crippen molar-refractivity contribution < 1.29 is 9.59 Å². The summed E-state index contributed by atoms with van der Waals surface area (Å²) < 4.78 is 0. The molecule has 1 N–H and O–H groups in total. The van der Waals surface area contributed by atoms with Crippen molar-refractivity contribution in [3.63, 3.8) is 0 Å². The molecule has 0 radical (unpaired) electrons. The Morgan fingerprint density at radius 1 is 0.923 bits per heavy atom. The van der Waals surface area contributed by atoms with Crippen LogP contribution in [0.15, 0.2) is 54.6 Å². The van der Waals surface area contributed by atoms with Crippen LogP contribution in [0.2, 0.25) is 0 Å². The van der Waals surface area contributed by atoms with Crippen molar-refractivity contribution >= 4 is 17.4 Å². The van der Waals surface area contributed by atoms with Crippen LogP contribution in [-0.4, -0.2) is 36.2 Å². The van der Waals surface area contributed by atoms with E-state index in [1.54, 1.807) is 36.4 Å². The van der Waals surface area contributed by atoms with Crippen LogP contribution in [0.5, 0.6) is 0 Å². The zero-order valence-electron chi connectivity index (χ0n) is 15.5. The van der Waals surface area contributed by atoms with Gasteiger partial charge in [0.1, 0.15) is 0 Å². The van der Waals surface area contributed by atoms with Gasteiger partial charge < -0.3 is 5.32 Å². The Kier molecular flexibility index (Phi) is 5.52. The number of nitrogens with one attached hydrogen (secondary N) is 1. The van der Waals surface area contributed by atoms with Gasteiger partial charge in [-0.05, 0) is 55.6 Å². The lowest BCUT2D eigenvalue weighted by atomic mass is 9.83. The van der Waals surface area contributed by atoms with E-state index in [2.05, 4.69) is 24.1 Å². The Labute approximate surface area is 155 Å². The monoisotopic (exact) mass is 350 g/mol. The molecule has 0 aliphatic carbocycles. The van der Waals surface area contributed by atoms with Gasteiger partial charge >= 0.3 is 0 Å². The predicted molar refractivity (Wildman–Crippen MR) is 104 cm³/mol. The minimum Gasteiger partial charge on any atom is -0.325 e. The second kappa shape index (κ2) is 7.83. The van der Waals surface area contributed by atoms with Crippen LogP contribution in [0.1, 0.15) is 42.6 Å². The van der Waals surface area contributed by atoms with Crippen LogP contribution >= 0.6 is 0 Å². The maximum absolute atomic E-state index is 12.4. The maximum atomic E-state index is 12.4. The largest absolute Gasteiger partial charge is 0.325 e. The number of piperidine rings is 1. The number of amides is 1. The first-order chi connectivity index (χ1) is 12.4. The molecule has 1 amide bonds. The molecule has 1 fully saturated rings. The van der Waals surface area contributed by atoms with Gasteiger partial charge in [-0.2, -0.15) is 0 Å². The zero-order valence-corrected chi connectivity index (χ0v) is 15.5. The molecule has 1 heterocycles. The van der Waals surface area contributed by atoms with Crippen molar-refractivity contribution in [1.29, 1.82) is 0 Å². The van der Waals surface area contributed by atoms with Crippen molar-refractivity contribution in [2.75, 3.05) is 25.0 Å². The second-order valence-corrected chi connectivity index (χ2v) is 7.76. The van der Waals surface area contributed by atoms with Crippen molar-refractivity contribution in [3.05, 3.63) is 65.7 Å². The van der Waals surface area contributed by atoms with Crippen LogP contribution in [0.3, 0.4) is 0 Å². The van der Waals surface area contributed by atoms with Gasteiger partial charge in [-0.3, -0.25) is 14.5 Å². The smallest absolute Gasteiger partial charge is 0.238 e. The molecule has 136 valence electrons. The molecular weight excluding hydrogens is 324 g/mol. The minimum atomic E-state index is -0.0144. The third-order valence-corrected chi connectivity index (χ3v) is 5.04. The van der Waals surface area contributed by atoms with E-state index in [-0.39, 0.29) is 11.7 Å². The quantitative estimate of drug-likeness (QED) is 0.830. The van der Waals surface area contributed by atoms with Crippen molar-refractivity contribution in [2.24, 2.45) is 5.41 Å². The first kappa shape index (κ1) is 18.3. The SMILES string of the molecule is CC1(C)CCN(CC(=O)Nc2ccc(C(=O)c3ccccc3)cc2)CC1. The summed E-state index contributed by atoms with van der Waals surface area (Å²) in [5.41, 5.74) is 2.38. The van der Waals surface area contributed by atoms with Crippen LogP contribution in [0.4, 0.5) is 5.69 Å². The number of benzene rings is 2. The topological polar surface area (TPSA) is 49.4 Å². The van der Waals surface area contributed by atoms with Gasteiger partial charge in [0.2, 0.25) is 5.91 Å². The van der Waals surface area contributed by atoms with E-state index >= 15 is 0 Å². The molecule has 0 unspecified atom stereocenters. The fraction of sp³-hybridized carbons (Fsp3) is 0.364. The molecule has 26 heavy (non-hydrogen) atoms. The van der Waals surface area contributed by atoms with Gasteiger partial charge in [0.25, 0.3) is 0 Å². The average Bonchev–Trinajstić information content (AvgIpc) is 2.64. The van der Waals surface area contributed by atoms with E-state index in [0.29, 0.717) is 23.1 Å². The van der Waals surface area contributed by atoms with Gasteiger partial charge in [0.05, 0.1) is 6.54 Å². The highest BCUT2D eigenvalue weighted by Gasteiger charge is 2.26. The number of nitrogens with zero attached hydrogens (tertiary/aromatic N) is 1.